The Hall–Kier alpha value is -4.17. The van der Waals surface area contributed by atoms with E-state index in [0.717, 1.165) is 19.3 Å². The van der Waals surface area contributed by atoms with Gasteiger partial charge in [0.05, 0.1) is 0 Å². The van der Waals surface area contributed by atoms with E-state index in [1.54, 1.807) is 0 Å². The van der Waals surface area contributed by atoms with Crippen molar-refractivity contribution in [2.45, 2.75) is 60.8 Å². The molecule has 0 aromatic heterocycles. The number of halogens is 1. The van der Waals surface area contributed by atoms with E-state index in [4.69, 9.17) is 11.1 Å². The lowest BCUT2D eigenvalue weighted by Gasteiger charge is -2.33. The van der Waals surface area contributed by atoms with Gasteiger partial charge < -0.3 is 0 Å². The third kappa shape index (κ3) is 6.93. The van der Waals surface area contributed by atoms with Crippen molar-refractivity contribution < 1.29 is 0 Å². The lowest BCUT2D eigenvalue weighted by molar-refractivity contribution is 1.15. The van der Waals surface area contributed by atoms with Gasteiger partial charge in [0.2, 0.25) is 7.38 Å². The van der Waals surface area contributed by atoms with Gasteiger partial charge in [-0.3, -0.25) is 0 Å². The van der Waals surface area contributed by atoms with Gasteiger partial charge in [-0.15, -0.1) is 11.1 Å². The molecule has 0 saturated heterocycles. The van der Waals surface area contributed by atoms with Crippen LogP contribution in [0.2, 0.25) is 0 Å². The zero-order chi connectivity index (χ0) is 33.1. The van der Waals surface area contributed by atoms with Gasteiger partial charge in [-0.25, -0.2) is 0 Å². The topological polar surface area (TPSA) is 0 Å². The van der Waals surface area contributed by atoms with Gasteiger partial charge in [0.25, 0.3) is 0 Å². The Balaban J connectivity index is 1.60. The smallest absolute Gasteiger partial charge is 0.149 e. The molecule has 0 amide bonds. The van der Waals surface area contributed by atoms with Crippen molar-refractivity contribution in [1.29, 1.82) is 0 Å². The van der Waals surface area contributed by atoms with E-state index in [-0.39, 0.29) is 0 Å². The molecular formula is C45H45ClSi. The lowest BCUT2D eigenvalue weighted by atomic mass is 9.98. The van der Waals surface area contributed by atoms with Crippen LogP contribution < -0.4 is 15.6 Å². The Labute approximate surface area is 287 Å². The number of rotatable bonds is 9. The van der Waals surface area contributed by atoms with Crippen LogP contribution in [0.3, 0.4) is 0 Å². The van der Waals surface area contributed by atoms with Gasteiger partial charge in [-0.1, -0.05) is 127 Å². The predicted molar refractivity (Wildman–Crippen MR) is 206 cm³/mol. The predicted octanol–water partition coefficient (Wildman–Crippen LogP) is 9.52. The fourth-order valence-electron chi connectivity index (χ4n) is 7.26. The molecule has 0 radical (unpaired) electrons. The highest BCUT2D eigenvalue weighted by atomic mass is 35.6. The van der Waals surface area contributed by atoms with Gasteiger partial charge in [0, 0.05) is 0 Å². The van der Waals surface area contributed by atoms with Crippen LogP contribution in [0.15, 0.2) is 127 Å². The van der Waals surface area contributed by atoms with E-state index in [1.165, 1.54) is 82.3 Å². The molecule has 6 aromatic carbocycles. The highest BCUT2D eigenvalue weighted by molar-refractivity contribution is 7.40. The molecule has 0 bridgehead atoms. The van der Waals surface area contributed by atoms with Gasteiger partial charge in [0.1, 0.15) is 0 Å². The SMILES string of the molecule is Cc1cc(C)c([Si](Cl)(c2cc(Cc3ccccc3)c(C)cc2C)c2cc(Cc3ccccc3)c(C)cc2C)cc1Cc1ccccc1. The molecule has 0 unspecified atom stereocenters. The zero-order valence-electron chi connectivity index (χ0n) is 28.6. The van der Waals surface area contributed by atoms with Crippen LogP contribution in [0.5, 0.6) is 0 Å². The standard InChI is InChI=1S/C45H45ClSi/c1-31-22-34(4)43(28-40(31)25-37-16-10-7-11-17-37)47(46,44-29-41(32(2)23-35(44)5)26-38-18-12-8-13-19-38)45-30-42(33(3)24-36(45)6)27-39-20-14-9-15-21-39/h7-24,28-30H,25-27H2,1-6H3. The Bertz CT molecular complexity index is 1780. The lowest BCUT2D eigenvalue weighted by Crippen LogP contribution is -2.65. The second-order valence-corrected chi connectivity index (χ2v) is 18.1. The quantitative estimate of drug-likeness (QED) is 0.0832. The second-order valence-electron chi connectivity index (χ2n) is 13.4. The number of hydrogen-bond acceptors (Lipinski definition) is 0. The van der Waals surface area contributed by atoms with Crippen molar-refractivity contribution >= 4 is 34.0 Å². The van der Waals surface area contributed by atoms with E-state index in [0.29, 0.717) is 0 Å². The molecule has 6 aromatic rings. The first-order valence-electron chi connectivity index (χ1n) is 16.8. The summed E-state index contributed by atoms with van der Waals surface area (Å²) in [5, 5.41) is 3.89. The van der Waals surface area contributed by atoms with Gasteiger partial charge in [0.15, 0.2) is 0 Å². The summed E-state index contributed by atoms with van der Waals surface area (Å²) in [6.45, 7) is 13.5. The highest BCUT2D eigenvalue weighted by Gasteiger charge is 2.42. The van der Waals surface area contributed by atoms with E-state index < -0.39 is 7.38 Å². The van der Waals surface area contributed by atoms with Crippen LogP contribution in [0.4, 0.5) is 0 Å². The maximum absolute atomic E-state index is 8.55. The Kier molecular flexibility index (Phi) is 9.69. The molecule has 0 aliphatic rings. The molecule has 0 nitrogen and oxygen atoms in total. The molecule has 0 spiro atoms. The minimum absolute atomic E-state index is 0.888. The summed E-state index contributed by atoms with van der Waals surface area (Å²) < 4.78 is 0. The molecule has 2 heteroatoms. The van der Waals surface area contributed by atoms with Crippen LogP contribution in [0, 0.1) is 41.5 Å². The zero-order valence-corrected chi connectivity index (χ0v) is 30.4. The third-order valence-corrected chi connectivity index (χ3v) is 15.5. The first kappa shape index (κ1) is 32.8. The molecule has 0 saturated carbocycles. The highest BCUT2D eigenvalue weighted by Crippen LogP contribution is 2.26. The Morgan fingerprint density at radius 1 is 0.362 bits per heavy atom. The summed E-state index contributed by atoms with van der Waals surface area (Å²) in [4.78, 5) is 0. The van der Waals surface area contributed by atoms with E-state index in [1.807, 2.05) is 0 Å². The first-order valence-corrected chi connectivity index (χ1v) is 19.8. The summed E-state index contributed by atoms with van der Waals surface area (Å²) in [5.74, 6) is 0. The van der Waals surface area contributed by atoms with Crippen molar-refractivity contribution in [3.05, 3.63) is 194 Å². The van der Waals surface area contributed by atoms with Crippen molar-refractivity contribution in [3.8, 4) is 0 Å². The number of benzene rings is 6. The molecule has 0 heterocycles. The van der Waals surface area contributed by atoms with Crippen molar-refractivity contribution in [2.24, 2.45) is 0 Å². The number of hydrogen-bond donors (Lipinski definition) is 0. The maximum Gasteiger partial charge on any atom is 0.248 e. The molecule has 0 aliphatic carbocycles. The fourth-order valence-corrected chi connectivity index (χ4v) is 12.9. The Morgan fingerprint density at radius 2 is 0.617 bits per heavy atom. The third-order valence-electron chi connectivity index (χ3n) is 9.87. The first-order chi connectivity index (χ1) is 22.6. The fraction of sp³-hybridized carbons (Fsp3) is 0.200. The van der Waals surface area contributed by atoms with Crippen LogP contribution in [-0.4, -0.2) is 7.38 Å². The summed E-state index contributed by atoms with van der Waals surface area (Å²) >= 11 is 8.55. The van der Waals surface area contributed by atoms with Gasteiger partial charge in [-0.2, -0.15) is 0 Å². The molecule has 0 fully saturated rings. The minimum atomic E-state index is -3.05. The van der Waals surface area contributed by atoms with Crippen LogP contribution in [0.1, 0.15) is 66.8 Å². The summed E-state index contributed by atoms with van der Waals surface area (Å²) in [7, 11) is -3.05. The summed E-state index contributed by atoms with van der Waals surface area (Å²) in [6.07, 6.45) is 2.67. The summed E-state index contributed by atoms with van der Waals surface area (Å²) in [5.41, 5.74) is 15.8. The van der Waals surface area contributed by atoms with E-state index in [9.17, 15) is 0 Å². The van der Waals surface area contributed by atoms with Gasteiger partial charge >= 0.3 is 0 Å². The molecular weight excluding hydrogens is 604 g/mol. The average Bonchev–Trinajstić information content (AvgIpc) is 3.06. The normalized spacial score (nSPS) is 11.6. The molecule has 0 atom stereocenters. The van der Waals surface area contributed by atoms with Crippen LogP contribution >= 0.6 is 11.1 Å². The van der Waals surface area contributed by atoms with Crippen molar-refractivity contribution in [1.82, 2.24) is 0 Å². The molecule has 0 N–H and O–H groups in total. The second kappa shape index (κ2) is 13.9. The van der Waals surface area contributed by atoms with Crippen molar-refractivity contribution in [2.75, 3.05) is 0 Å². The van der Waals surface area contributed by atoms with E-state index >= 15 is 0 Å². The van der Waals surface area contributed by atoms with E-state index in [2.05, 4.69) is 169 Å². The van der Waals surface area contributed by atoms with Crippen LogP contribution in [0.25, 0.3) is 0 Å². The summed E-state index contributed by atoms with van der Waals surface area (Å²) in [6, 6.07) is 46.9. The van der Waals surface area contributed by atoms with Gasteiger partial charge in [-0.05, 0) is 143 Å². The monoisotopic (exact) mass is 648 g/mol. The minimum Gasteiger partial charge on any atom is -0.149 e. The number of aryl methyl sites for hydroxylation is 6. The Morgan fingerprint density at radius 3 is 0.872 bits per heavy atom. The molecule has 0 aliphatic heterocycles. The maximum atomic E-state index is 8.55. The molecule has 47 heavy (non-hydrogen) atoms. The van der Waals surface area contributed by atoms with Crippen molar-refractivity contribution in [3.63, 3.8) is 0 Å². The molecule has 236 valence electrons. The van der Waals surface area contributed by atoms with Crippen LogP contribution in [-0.2, 0) is 19.3 Å². The molecule has 6 rings (SSSR count). The largest absolute Gasteiger partial charge is 0.248 e. The average molecular weight is 649 g/mol.